The SMILES string of the molecule is Cc1c(N(CC(=O)NN=Cc2ccccc2)S(=O)(=O)c2ccccc2)c(=O)n(-c2ccccc2)n1C. The van der Waals surface area contributed by atoms with Crippen LogP contribution < -0.4 is 15.3 Å². The molecule has 10 heteroatoms. The highest BCUT2D eigenvalue weighted by atomic mass is 32.2. The average Bonchev–Trinajstić information content (AvgIpc) is 3.11. The van der Waals surface area contributed by atoms with E-state index in [2.05, 4.69) is 10.5 Å². The van der Waals surface area contributed by atoms with Gasteiger partial charge in [-0.15, -0.1) is 0 Å². The van der Waals surface area contributed by atoms with Crippen LogP contribution in [0.2, 0.25) is 0 Å². The van der Waals surface area contributed by atoms with Crippen molar-refractivity contribution in [2.24, 2.45) is 12.1 Å². The van der Waals surface area contributed by atoms with Crippen molar-refractivity contribution in [3.8, 4) is 5.69 Å². The molecular formula is C26H25N5O4S. The molecule has 1 N–H and O–H groups in total. The number of nitrogens with zero attached hydrogens (tertiary/aromatic N) is 4. The van der Waals surface area contributed by atoms with E-state index in [0.29, 0.717) is 11.4 Å². The lowest BCUT2D eigenvalue weighted by molar-refractivity contribution is -0.119. The predicted octanol–water partition coefficient (Wildman–Crippen LogP) is 2.83. The first kappa shape index (κ1) is 24.7. The number of hydrazone groups is 1. The van der Waals surface area contributed by atoms with Gasteiger partial charge in [-0.3, -0.25) is 14.3 Å². The number of hydrogen-bond donors (Lipinski definition) is 1. The van der Waals surface area contributed by atoms with Gasteiger partial charge in [0.1, 0.15) is 12.2 Å². The minimum Gasteiger partial charge on any atom is -0.283 e. The number of carbonyl (C=O) groups is 1. The van der Waals surface area contributed by atoms with Gasteiger partial charge >= 0.3 is 0 Å². The summed E-state index contributed by atoms with van der Waals surface area (Å²) in [7, 11) is -2.61. The molecule has 184 valence electrons. The molecule has 0 aliphatic carbocycles. The largest absolute Gasteiger partial charge is 0.296 e. The topological polar surface area (TPSA) is 106 Å². The van der Waals surface area contributed by atoms with Crippen molar-refractivity contribution in [1.82, 2.24) is 14.8 Å². The number of anilines is 1. The standard InChI is InChI=1S/C26H25N5O4S/c1-20-25(26(33)31(29(20)2)22-14-8-4-9-15-22)30(36(34,35)23-16-10-5-11-17-23)19-24(32)28-27-18-21-12-6-3-7-13-21/h3-18H,19H2,1-2H3,(H,28,32). The fourth-order valence-corrected chi connectivity index (χ4v) is 5.22. The Morgan fingerprint density at radius 3 is 2.11 bits per heavy atom. The van der Waals surface area contributed by atoms with Crippen LogP contribution in [0.1, 0.15) is 11.3 Å². The lowest BCUT2D eigenvalue weighted by atomic mass is 10.2. The van der Waals surface area contributed by atoms with Gasteiger partial charge in [0, 0.05) is 7.05 Å². The third-order valence-corrected chi connectivity index (χ3v) is 7.35. The highest BCUT2D eigenvalue weighted by Crippen LogP contribution is 2.25. The fourth-order valence-electron chi connectivity index (χ4n) is 3.73. The highest BCUT2D eigenvalue weighted by molar-refractivity contribution is 7.92. The van der Waals surface area contributed by atoms with Crippen LogP contribution in [0.25, 0.3) is 5.69 Å². The lowest BCUT2D eigenvalue weighted by Gasteiger charge is -2.22. The van der Waals surface area contributed by atoms with E-state index in [0.717, 1.165) is 9.87 Å². The number of sulfonamides is 1. The first-order valence-electron chi connectivity index (χ1n) is 11.1. The van der Waals surface area contributed by atoms with E-state index in [1.54, 1.807) is 73.3 Å². The Balaban J connectivity index is 1.75. The molecular weight excluding hydrogens is 478 g/mol. The fraction of sp³-hybridized carbons (Fsp3) is 0.115. The maximum absolute atomic E-state index is 13.7. The minimum absolute atomic E-state index is 0.0421. The molecule has 0 aliphatic rings. The maximum atomic E-state index is 13.7. The van der Waals surface area contributed by atoms with Crippen LogP contribution in [-0.2, 0) is 21.9 Å². The number of benzene rings is 3. The number of nitrogens with one attached hydrogen (secondary N) is 1. The second-order valence-electron chi connectivity index (χ2n) is 7.94. The van der Waals surface area contributed by atoms with Gasteiger partial charge in [0.05, 0.1) is 22.5 Å². The number of para-hydroxylation sites is 1. The monoisotopic (exact) mass is 503 g/mol. The molecule has 0 bridgehead atoms. The second-order valence-corrected chi connectivity index (χ2v) is 9.80. The van der Waals surface area contributed by atoms with Crippen molar-refractivity contribution in [3.05, 3.63) is 113 Å². The summed E-state index contributed by atoms with van der Waals surface area (Å²) in [6.07, 6.45) is 1.45. The van der Waals surface area contributed by atoms with E-state index in [-0.39, 0.29) is 10.6 Å². The zero-order valence-corrected chi connectivity index (χ0v) is 20.6. The van der Waals surface area contributed by atoms with Crippen LogP contribution in [0.15, 0.2) is 106 Å². The molecule has 1 heterocycles. The van der Waals surface area contributed by atoms with Crippen molar-refractivity contribution in [1.29, 1.82) is 0 Å². The van der Waals surface area contributed by atoms with Crippen molar-refractivity contribution < 1.29 is 13.2 Å². The summed E-state index contributed by atoms with van der Waals surface area (Å²) in [5.74, 6) is -0.699. The van der Waals surface area contributed by atoms with Gasteiger partial charge in [0.25, 0.3) is 21.5 Å². The Bertz CT molecular complexity index is 1540. The zero-order valence-electron chi connectivity index (χ0n) is 19.8. The van der Waals surface area contributed by atoms with Crippen molar-refractivity contribution in [2.75, 3.05) is 10.8 Å². The van der Waals surface area contributed by atoms with E-state index < -0.39 is 28.0 Å². The van der Waals surface area contributed by atoms with Gasteiger partial charge in [0.2, 0.25) is 0 Å². The number of carbonyl (C=O) groups excluding carboxylic acids is 1. The molecule has 0 atom stereocenters. The molecule has 0 saturated heterocycles. The Morgan fingerprint density at radius 1 is 0.944 bits per heavy atom. The van der Waals surface area contributed by atoms with Crippen LogP contribution in [0.4, 0.5) is 5.69 Å². The lowest BCUT2D eigenvalue weighted by Crippen LogP contribution is -2.42. The van der Waals surface area contributed by atoms with Crippen LogP contribution in [-0.4, -0.2) is 36.4 Å². The van der Waals surface area contributed by atoms with Gasteiger partial charge in [-0.1, -0.05) is 66.7 Å². The van der Waals surface area contributed by atoms with Crippen molar-refractivity contribution >= 4 is 27.8 Å². The third kappa shape index (κ3) is 4.98. The predicted molar refractivity (Wildman–Crippen MR) is 139 cm³/mol. The van der Waals surface area contributed by atoms with Crippen LogP contribution in [0, 0.1) is 6.92 Å². The average molecular weight is 504 g/mol. The van der Waals surface area contributed by atoms with Crippen LogP contribution >= 0.6 is 0 Å². The van der Waals surface area contributed by atoms with Gasteiger partial charge < -0.3 is 0 Å². The molecule has 4 rings (SSSR count). The summed E-state index contributed by atoms with van der Waals surface area (Å²) in [5.41, 5.74) is 3.37. The molecule has 1 aromatic heterocycles. The van der Waals surface area contributed by atoms with E-state index in [1.165, 1.54) is 23.0 Å². The number of aromatic nitrogens is 2. The van der Waals surface area contributed by atoms with Crippen molar-refractivity contribution in [3.63, 3.8) is 0 Å². The van der Waals surface area contributed by atoms with E-state index in [1.807, 2.05) is 24.3 Å². The molecule has 3 aromatic carbocycles. The van der Waals surface area contributed by atoms with E-state index in [4.69, 9.17) is 0 Å². The van der Waals surface area contributed by atoms with Gasteiger partial charge in [0.15, 0.2) is 0 Å². The maximum Gasteiger partial charge on any atom is 0.296 e. The summed E-state index contributed by atoms with van der Waals surface area (Å²) in [4.78, 5) is 26.4. The first-order chi connectivity index (χ1) is 17.3. The van der Waals surface area contributed by atoms with Crippen molar-refractivity contribution in [2.45, 2.75) is 11.8 Å². The van der Waals surface area contributed by atoms with E-state index in [9.17, 15) is 18.0 Å². The number of hydrogen-bond acceptors (Lipinski definition) is 5. The van der Waals surface area contributed by atoms with E-state index >= 15 is 0 Å². The third-order valence-electron chi connectivity index (χ3n) is 5.59. The Hall–Kier alpha value is -4.44. The highest BCUT2D eigenvalue weighted by Gasteiger charge is 2.33. The molecule has 0 aliphatic heterocycles. The van der Waals surface area contributed by atoms with Crippen LogP contribution in [0.5, 0.6) is 0 Å². The molecule has 1 amide bonds. The van der Waals surface area contributed by atoms with Gasteiger partial charge in [-0.05, 0) is 36.8 Å². The molecule has 0 unspecified atom stereocenters. The second kappa shape index (κ2) is 10.4. The molecule has 9 nitrogen and oxygen atoms in total. The molecule has 0 spiro atoms. The summed E-state index contributed by atoms with van der Waals surface area (Å²) in [6.45, 7) is 0.993. The quantitative estimate of drug-likeness (QED) is 0.295. The zero-order chi connectivity index (χ0) is 25.7. The molecule has 0 saturated carbocycles. The first-order valence-corrected chi connectivity index (χ1v) is 12.5. The molecule has 36 heavy (non-hydrogen) atoms. The molecule has 0 radical (unpaired) electrons. The number of rotatable bonds is 8. The normalized spacial score (nSPS) is 11.5. The smallest absolute Gasteiger partial charge is 0.283 e. The summed E-state index contributed by atoms with van der Waals surface area (Å²) in [5, 5.41) is 3.92. The Kier molecular flexibility index (Phi) is 7.16. The molecule has 4 aromatic rings. The summed E-state index contributed by atoms with van der Waals surface area (Å²) in [6, 6.07) is 25.7. The summed E-state index contributed by atoms with van der Waals surface area (Å²) >= 11 is 0. The molecule has 0 fully saturated rings. The van der Waals surface area contributed by atoms with Crippen LogP contribution in [0.3, 0.4) is 0 Å². The summed E-state index contributed by atoms with van der Waals surface area (Å²) < 4.78 is 31.1. The Labute approximate surface area is 209 Å². The Morgan fingerprint density at radius 2 is 1.50 bits per heavy atom. The van der Waals surface area contributed by atoms with Gasteiger partial charge in [-0.25, -0.2) is 22.8 Å². The van der Waals surface area contributed by atoms with Gasteiger partial charge in [-0.2, -0.15) is 5.10 Å². The minimum atomic E-state index is -4.26. The number of amides is 1.